The highest BCUT2D eigenvalue weighted by atomic mass is 32.1. The molecule has 1 heterocycles. The van der Waals surface area contributed by atoms with E-state index in [1.807, 2.05) is 35.7 Å². The molecule has 6 heteroatoms. The molecule has 1 aromatic heterocycles. The molecule has 0 aliphatic carbocycles. The van der Waals surface area contributed by atoms with Gasteiger partial charge in [0, 0.05) is 28.6 Å². The predicted octanol–water partition coefficient (Wildman–Crippen LogP) is 4.41. The molecule has 0 spiro atoms. The number of carbonyl (C=O) groups is 2. The van der Waals surface area contributed by atoms with Crippen LogP contribution in [0.2, 0.25) is 0 Å². The minimum absolute atomic E-state index is 0.0926. The fourth-order valence-corrected chi connectivity index (χ4v) is 2.94. The van der Waals surface area contributed by atoms with Crippen LogP contribution < -0.4 is 10.6 Å². The molecule has 25 heavy (non-hydrogen) atoms. The van der Waals surface area contributed by atoms with Gasteiger partial charge in [-0.15, -0.1) is 11.3 Å². The van der Waals surface area contributed by atoms with E-state index in [1.54, 1.807) is 31.2 Å². The van der Waals surface area contributed by atoms with Gasteiger partial charge in [-0.3, -0.25) is 14.9 Å². The zero-order valence-corrected chi connectivity index (χ0v) is 14.5. The van der Waals surface area contributed by atoms with Crippen LogP contribution in [0.15, 0.2) is 60.0 Å². The molecule has 3 aromatic rings. The minimum Gasteiger partial charge on any atom is -0.326 e. The molecule has 0 bridgehead atoms. The van der Waals surface area contributed by atoms with Gasteiger partial charge in [0.05, 0.1) is 5.69 Å². The summed E-state index contributed by atoms with van der Waals surface area (Å²) in [6.45, 7) is 1.78. The summed E-state index contributed by atoms with van der Waals surface area (Å²) in [5, 5.41) is 7.98. The quantitative estimate of drug-likeness (QED) is 0.715. The van der Waals surface area contributed by atoms with Crippen LogP contribution in [-0.2, 0) is 4.79 Å². The Labute approximate surface area is 149 Å². The van der Waals surface area contributed by atoms with Crippen LogP contribution in [0.5, 0.6) is 0 Å². The molecule has 2 amide bonds. The van der Waals surface area contributed by atoms with Gasteiger partial charge in [-0.05, 0) is 18.2 Å². The summed E-state index contributed by atoms with van der Waals surface area (Å²) in [4.78, 5) is 28.3. The van der Waals surface area contributed by atoms with Crippen molar-refractivity contribution in [2.24, 2.45) is 0 Å². The Bertz CT molecular complexity index is 890. The molecule has 2 aromatic carbocycles. The number of aromatic nitrogens is 1. The van der Waals surface area contributed by atoms with Gasteiger partial charge in [0.2, 0.25) is 5.91 Å². The molecule has 2 N–H and O–H groups in total. The molecule has 5 nitrogen and oxygen atoms in total. The van der Waals surface area contributed by atoms with Crippen molar-refractivity contribution >= 4 is 34.0 Å². The second-order valence-electron chi connectivity index (χ2n) is 5.34. The first-order chi connectivity index (χ1) is 12.2. The van der Waals surface area contributed by atoms with Crippen molar-refractivity contribution in [1.82, 2.24) is 4.98 Å². The predicted molar refractivity (Wildman–Crippen MR) is 101 cm³/mol. The summed E-state index contributed by atoms with van der Waals surface area (Å²) in [6, 6.07) is 16.6. The molecule has 0 saturated heterocycles. The summed E-state index contributed by atoms with van der Waals surface area (Å²) in [6.07, 6.45) is 0.387. The van der Waals surface area contributed by atoms with E-state index in [9.17, 15) is 9.59 Å². The van der Waals surface area contributed by atoms with Gasteiger partial charge in [0.25, 0.3) is 5.91 Å². The van der Waals surface area contributed by atoms with Crippen LogP contribution in [0.3, 0.4) is 0 Å². The van der Waals surface area contributed by atoms with Gasteiger partial charge in [0.1, 0.15) is 0 Å². The van der Waals surface area contributed by atoms with Crippen molar-refractivity contribution in [2.45, 2.75) is 13.3 Å². The summed E-state index contributed by atoms with van der Waals surface area (Å²) in [5.41, 5.74) is 2.89. The number of anilines is 2. The average Bonchev–Trinajstić information content (AvgIpc) is 3.11. The topological polar surface area (TPSA) is 71.1 Å². The van der Waals surface area contributed by atoms with Gasteiger partial charge < -0.3 is 5.32 Å². The maximum absolute atomic E-state index is 12.4. The molecule has 0 fully saturated rings. The molecule has 0 radical (unpaired) electrons. The lowest BCUT2D eigenvalue weighted by Gasteiger charge is -2.06. The van der Waals surface area contributed by atoms with E-state index in [-0.39, 0.29) is 11.8 Å². The Hall–Kier alpha value is -2.99. The maximum atomic E-state index is 12.4. The van der Waals surface area contributed by atoms with E-state index in [4.69, 9.17) is 0 Å². The molecular weight excluding hydrogens is 334 g/mol. The number of hydrogen-bond acceptors (Lipinski definition) is 4. The van der Waals surface area contributed by atoms with Crippen LogP contribution in [0.4, 0.5) is 10.8 Å². The van der Waals surface area contributed by atoms with Crippen molar-refractivity contribution < 1.29 is 9.59 Å². The standard InChI is InChI=1S/C19H17N3O2S/c1-2-17(23)20-15-10-6-9-14(11-15)18(24)22-19-21-16(12-25-19)13-7-4-3-5-8-13/h3-12H,2H2,1H3,(H,20,23)(H,21,22,24). The summed E-state index contributed by atoms with van der Waals surface area (Å²) in [5.74, 6) is -0.355. The van der Waals surface area contributed by atoms with E-state index in [1.165, 1.54) is 11.3 Å². The van der Waals surface area contributed by atoms with E-state index < -0.39 is 0 Å². The van der Waals surface area contributed by atoms with Crippen LogP contribution >= 0.6 is 11.3 Å². The summed E-state index contributed by atoms with van der Waals surface area (Å²) in [7, 11) is 0. The number of nitrogens with one attached hydrogen (secondary N) is 2. The second-order valence-corrected chi connectivity index (χ2v) is 6.20. The summed E-state index contributed by atoms with van der Waals surface area (Å²) >= 11 is 1.37. The summed E-state index contributed by atoms with van der Waals surface area (Å²) < 4.78 is 0. The zero-order chi connectivity index (χ0) is 17.6. The number of benzene rings is 2. The number of thiazole rings is 1. The normalized spacial score (nSPS) is 10.3. The Morgan fingerprint density at radius 2 is 1.84 bits per heavy atom. The van der Waals surface area contributed by atoms with E-state index in [2.05, 4.69) is 15.6 Å². The van der Waals surface area contributed by atoms with Gasteiger partial charge in [-0.25, -0.2) is 4.98 Å². The van der Waals surface area contributed by atoms with Crippen molar-refractivity contribution in [1.29, 1.82) is 0 Å². The molecule has 0 saturated carbocycles. The first-order valence-electron chi connectivity index (χ1n) is 7.88. The lowest BCUT2D eigenvalue weighted by atomic mass is 10.2. The van der Waals surface area contributed by atoms with Gasteiger partial charge in [0.15, 0.2) is 5.13 Å². The highest BCUT2D eigenvalue weighted by molar-refractivity contribution is 7.14. The maximum Gasteiger partial charge on any atom is 0.257 e. The van der Waals surface area contributed by atoms with Crippen molar-refractivity contribution in [3.05, 3.63) is 65.5 Å². The first-order valence-corrected chi connectivity index (χ1v) is 8.76. The van der Waals surface area contributed by atoms with Gasteiger partial charge in [-0.1, -0.05) is 43.3 Å². The van der Waals surface area contributed by atoms with Gasteiger partial charge >= 0.3 is 0 Å². The number of hydrogen-bond donors (Lipinski definition) is 2. The highest BCUT2D eigenvalue weighted by Crippen LogP contribution is 2.25. The lowest BCUT2D eigenvalue weighted by Crippen LogP contribution is -2.13. The third-order valence-electron chi connectivity index (χ3n) is 3.52. The Morgan fingerprint density at radius 3 is 2.60 bits per heavy atom. The first kappa shape index (κ1) is 16.9. The Balaban J connectivity index is 1.71. The largest absolute Gasteiger partial charge is 0.326 e. The van der Waals surface area contributed by atoms with Crippen LogP contribution in [-0.4, -0.2) is 16.8 Å². The molecule has 3 rings (SSSR count). The fourth-order valence-electron chi connectivity index (χ4n) is 2.23. The number of amides is 2. The molecule has 0 aliphatic heterocycles. The molecule has 0 atom stereocenters. The minimum atomic E-state index is -0.262. The smallest absolute Gasteiger partial charge is 0.257 e. The fraction of sp³-hybridized carbons (Fsp3) is 0.105. The lowest BCUT2D eigenvalue weighted by molar-refractivity contribution is -0.115. The highest BCUT2D eigenvalue weighted by Gasteiger charge is 2.11. The number of rotatable bonds is 5. The van der Waals surface area contributed by atoms with Crippen LogP contribution in [0.25, 0.3) is 11.3 Å². The van der Waals surface area contributed by atoms with Gasteiger partial charge in [-0.2, -0.15) is 0 Å². The third-order valence-corrected chi connectivity index (χ3v) is 4.28. The molecule has 0 unspecified atom stereocenters. The number of nitrogens with zero attached hydrogens (tertiary/aromatic N) is 1. The third kappa shape index (κ3) is 4.30. The Morgan fingerprint density at radius 1 is 1.04 bits per heavy atom. The van der Waals surface area contributed by atoms with Crippen molar-refractivity contribution in [2.75, 3.05) is 10.6 Å². The van der Waals surface area contributed by atoms with Crippen molar-refractivity contribution in [3.63, 3.8) is 0 Å². The number of carbonyl (C=O) groups excluding carboxylic acids is 2. The van der Waals surface area contributed by atoms with Crippen LogP contribution in [0.1, 0.15) is 23.7 Å². The molecule has 126 valence electrons. The average molecular weight is 351 g/mol. The molecule has 0 aliphatic rings. The van der Waals surface area contributed by atoms with E-state index >= 15 is 0 Å². The zero-order valence-electron chi connectivity index (χ0n) is 13.7. The Kier molecular flexibility index (Phi) is 5.20. The van der Waals surface area contributed by atoms with E-state index in [0.717, 1.165) is 11.3 Å². The molecular formula is C19H17N3O2S. The monoisotopic (exact) mass is 351 g/mol. The van der Waals surface area contributed by atoms with Crippen molar-refractivity contribution in [3.8, 4) is 11.3 Å². The second kappa shape index (κ2) is 7.72. The van der Waals surface area contributed by atoms with Crippen LogP contribution in [0, 0.1) is 0 Å². The SMILES string of the molecule is CCC(=O)Nc1cccc(C(=O)Nc2nc(-c3ccccc3)cs2)c1. The van der Waals surface area contributed by atoms with E-state index in [0.29, 0.717) is 22.8 Å².